The van der Waals surface area contributed by atoms with Gasteiger partial charge in [0.1, 0.15) is 17.5 Å². The van der Waals surface area contributed by atoms with Gasteiger partial charge in [-0.25, -0.2) is 22.2 Å². The van der Waals surface area contributed by atoms with Crippen molar-refractivity contribution in [2.45, 2.75) is 32.2 Å². The molecule has 1 fully saturated rings. The van der Waals surface area contributed by atoms with Crippen LogP contribution in [0.4, 0.5) is 14.5 Å². The number of carbonyl (C=O) groups excluding carboxylic acids is 5. The number of piperidine rings is 1. The van der Waals surface area contributed by atoms with Crippen LogP contribution in [0.1, 0.15) is 62.8 Å². The molecule has 2 aliphatic rings. The van der Waals surface area contributed by atoms with Crippen molar-refractivity contribution in [3.8, 4) is 11.1 Å². The number of halogens is 2. The van der Waals surface area contributed by atoms with Crippen LogP contribution >= 0.6 is 0 Å². The maximum atomic E-state index is 15.4. The van der Waals surface area contributed by atoms with E-state index in [-0.39, 0.29) is 41.7 Å². The lowest BCUT2D eigenvalue weighted by molar-refractivity contribution is -0.136. The molecular weight excluding hydrogens is 695 g/mol. The summed E-state index contributed by atoms with van der Waals surface area (Å²) in [7, 11) is -3.50. The Morgan fingerprint density at radius 1 is 0.962 bits per heavy atom. The normalized spacial score (nSPS) is 15.9. The molecule has 5 aromatic rings. The predicted octanol–water partition coefficient (Wildman–Crippen LogP) is 2.68. The summed E-state index contributed by atoms with van der Waals surface area (Å²) in [5, 5.41) is 2.48. The Morgan fingerprint density at radius 3 is 2.42 bits per heavy atom. The Balaban J connectivity index is 1.11. The van der Waals surface area contributed by atoms with Gasteiger partial charge in [-0.15, -0.1) is 0 Å². The number of rotatable bonds is 10. The summed E-state index contributed by atoms with van der Waals surface area (Å²) in [6, 6.07) is 14.6. The van der Waals surface area contributed by atoms with Gasteiger partial charge in [-0.3, -0.25) is 38.9 Å². The molecule has 7 rings (SSSR count). The molecule has 3 aromatic carbocycles. The summed E-state index contributed by atoms with van der Waals surface area (Å²) >= 11 is 0. The molecule has 0 bridgehead atoms. The summed E-state index contributed by atoms with van der Waals surface area (Å²) in [4.78, 5) is 71.9. The quantitative estimate of drug-likeness (QED) is 0.112. The van der Waals surface area contributed by atoms with E-state index in [1.807, 2.05) is 24.3 Å². The summed E-state index contributed by atoms with van der Waals surface area (Å²) in [6.07, 6.45) is 3.23. The lowest BCUT2D eigenvalue weighted by Gasteiger charge is -2.27. The molecule has 52 heavy (non-hydrogen) atoms. The highest BCUT2D eigenvalue weighted by molar-refractivity contribution is 7.92. The van der Waals surface area contributed by atoms with Crippen molar-refractivity contribution in [2.75, 3.05) is 10.5 Å². The number of H-pyrrole nitrogens is 1. The fraction of sp³-hybridized carbons (Fsp3) is 0.167. The van der Waals surface area contributed by atoms with Crippen LogP contribution in [0, 0.1) is 11.6 Å². The first-order valence-electron chi connectivity index (χ1n) is 16.3. The van der Waals surface area contributed by atoms with Crippen LogP contribution in [-0.4, -0.2) is 71.8 Å². The van der Waals surface area contributed by atoms with Gasteiger partial charge in [-0.2, -0.15) is 0 Å². The smallest absolute Gasteiger partial charge is 0.262 e. The molecular formula is C36H28BF2N5O7S. The number of ketones is 1. The minimum Gasteiger partial charge on any atom is -0.345 e. The van der Waals surface area contributed by atoms with Crippen molar-refractivity contribution in [1.29, 1.82) is 0 Å². The summed E-state index contributed by atoms with van der Waals surface area (Å²) in [6.45, 7) is 1.63. The first kappa shape index (κ1) is 34.4. The number of pyridine rings is 1. The average Bonchev–Trinajstić information content (AvgIpc) is 3.64. The van der Waals surface area contributed by atoms with Gasteiger partial charge in [0.05, 0.1) is 28.1 Å². The second-order valence-electron chi connectivity index (χ2n) is 12.6. The Morgan fingerprint density at radius 2 is 1.69 bits per heavy atom. The van der Waals surface area contributed by atoms with E-state index in [0.29, 0.717) is 23.9 Å². The summed E-state index contributed by atoms with van der Waals surface area (Å²) in [5.41, 5.74) is 2.10. The van der Waals surface area contributed by atoms with Crippen molar-refractivity contribution in [3.63, 3.8) is 0 Å². The van der Waals surface area contributed by atoms with Crippen LogP contribution in [0.2, 0.25) is 0 Å². The Labute approximate surface area is 295 Å². The molecule has 0 saturated carbocycles. The number of hydrogen-bond donors (Lipinski definition) is 3. The Kier molecular flexibility index (Phi) is 8.78. The molecule has 1 atom stereocenters. The number of nitrogens with one attached hydrogen (secondary N) is 3. The van der Waals surface area contributed by atoms with Crippen molar-refractivity contribution >= 4 is 74.4 Å². The third-order valence-electron chi connectivity index (χ3n) is 9.03. The van der Waals surface area contributed by atoms with E-state index in [2.05, 4.69) is 20.0 Å². The van der Waals surface area contributed by atoms with Gasteiger partial charge in [0.25, 0.3) is 11.8 Å². The average molecular weight is 724 g/mol. The minimum absolute atomic E-state index is 0.0287. The highest BCUT2D eigenvalue weighted by Gasteiger charge is 2.44. The first-order valence-corrected chi connectivity index (χ1v) is 17.9. The summed E-state index contributed by atoms with van der Waals surface area (Å²) < 4.78 is 56.9. The van der Waals surface area contributed by atoms with Crippen LogP contribution < -0.4 is 21.0 Å². The molecule has 4 amide bonds. The highest BCUT2D eigenvalue weighted by Crippen LogP contribution is 2.30. The molecule has 0 spiro atoms. The van der Waals surface area contributed by atoms with Crippen LogP contribution in [0.3, 0.4) is 0 Å². The molecule has 2 aromatic heterocycles. The standard InChI is InChI=1S/C36H28BF2N5O7S/c1-2-13-52(50,51)43-27-10-9-26(38)30(31(27)39)32(46)25-17-41-33-23(25)14-19(16-40-33)18-3-5-20(6-4-18)37-21-7-8-22-24(15-21)36(49)44(35(22)48)28-11-12-29(45)42-34(28)47/h3-10,14-17,28,37,43H,2,11-13H2,1H3,(H,40,41)(H,42,45,47). The third-order valence-corrected chi connectivity index (χ3v) is 10.5. The molecule has 2 aliphatic heterocycles. The fourth-order valence-electron chi connectivity index (χ4n) is 6.49. The number of nitrogens with zero attached hydrogens (tertiary/aromatic N) is 2. The third kappa shape index (κ3) is 6.25. The predicted molar refractivity (Wildman–Crippen MR) is 189 cm³/mol. The first-order chi connectivity index (χ1) is 24.8. The molecule has 3 N–H and O–H groups in total. The van der Waals surface area contributed by atoms with E-state index >= 15 is 4.39 Å². The maximum absolute atomic E-state index is 15.4. The molecule has 0 radical (unpaired) electrons. The van der Waals surface area contributed by atoms with Crippen LogP contribution in [0.15, 0.2) is 73.1 Å². The number of sulfonamides is 1. The highest BCUT2D eigenvalue weighted by atomic mass is 32.2. The zero-order valence-electron chi connectivity index (χ0n) is 27.5. The molecule has 1 unspecified atom stereocenters. The second-order valence-corrected chi connectivity index (χ2v) is 14.4. The minimum atomic E-state index is -3.91. The molecule has 262 valence electrons. The Hall–Kier alpha value is -6.03. The largest absolute Gasteiger partial charge is 0.345 e. The topological polar surface area (TPSA) is 175 Å². The number of benzene rings is 3. The van der Waals surface area contributed by atoms with Crippen molar-refractivity contribution in [3.05, 3.63) is 107 Å². The fourth-order valence-corrected chi connectivity index (χ4v) is 7.62. The van der Waals surface area contributed by atoms with Crippen molar-refractivity contribution < 1.29 is 41.2 Å². The van der Waals surface area contributed by atoms with Gasteiger partial charge in [-0.1, -0.05) is 54.2 Å². The number of carbonyl (C=O) groups is 5. The molecule has 1 saturated heterocycles. The number of fused-ring (bicyclic) bond motifs is 2. The lowest BCUT2D eigenvalue weighted by Crippen LogP contribution is -2.54. The number of amides is 4. The van der Waals surface area contributed by atoms with E-state index in [1.54, 1.807) is 37.4 Å². The van der Waals surface area contributed by atoms with E-state index in [0.717, 1.165) is 33.5 Å². The monoisotopic (exact) mass is 723 g/mol. The number of imide groups is 2. The number of hydrogen-bond acceptors (Lipinski definition) is 8. The zero-order valence-corrected chi connectivity index (χ0v) is 28.3. The van der Waals surface area contributed by atoms with Crippen molar-refractivity contribution in [2.24, 2.45) is 0 Å². The van der Waals surface area contributed by atoms with Gasteiger partial charge in [-0.05, 0) is 42.7 Å². The number of anilines is 1. The maximum Gasteiger partial charge on any atom is 0.262 e. The molecule has 12 nitrogen and oxygen atoms in total. The van der Waals surface area contributed by atoms with E-state index in [9.17, 15) is 36.8 Å². The number of aromatic nitrogens is 2. The van der Waals surface area contributed by atoms with Crippen LogP contribution in [0.5, 0.6) is 0 Å². The molecule has 4 heterocycles. The van der Waals surface area contributed by atoms with Gasteiger partial charge >= 0.3 is 0 Å². The Bertz CT molecular complexity index is 2470. The SMILES string of the molecule is CCCS(=O)(=O)Nc1ccc(F)c(C(=O)c2c[nH]c3ncc(-c4ccc(Bc5ccc6c(c5)C(=O)N(C5CCC(=O)NC5=O)C6=O)cc4)cc23)c1F. The molecule has 16 heteroatoms. The van der Waals surface area contributed by atoms with Gasteiger partial charge in [0.2, 0.25) is 27.6 Å². The van der Waals surface area contributed by atoms with Crippen molar-refractivity contribution in [1.82, 2.24) is 20.2 Å². The van der Waals surface area contributed by atoms with Gasteiger partial charge in [0, 0.05) is 35.3 Å². The summed E-state index contributed by atoms with van der Waals surface area (Å²) in [5.74, 6) is -6.06. The van der Waals surface area contributed by atoms with Crippen LogP contribution in [0.25, 0.3) is 22.2 Å². The van der Waals surface area contributed by atoms with E-state index in [1.165, 1.54) is 6.20 Å². The van der Waals surface area contributed by atoms with E-state index < -0.39 is 68.4 Å². The lowest BCUT2D eigenvalue weighted by atomic mass is 9.63. The van der Waals surface area contributed by atoms with Crippen LogP contribution in [-0.2, 0) is 19.6 Å². The van der Waals surface area contributed by atoms with E-state index in [4.69, 9.17) is 0 Å². The van der Waals surface area contributed by atoms with Gasteiger partial charge in [0.15, 0.2) is 13.1 Å². The zero-order chi connectivity index (χ0) is 36.9. The second kappa shape index (κ2) is 13.3. The van der Waals surface area contributed by atoms with Gasteiger partial charge < -0.3 is 4.98 Å². The number of aromatic amines is 1. The molecule has 0 aliphatic carbocycles.